The van der Waals surface area contributed by atoms with Gasteiger partial charge in [0.25, 0.3) is 0 Å². The van der Waals surface area contributed by atoms with Crippen LogP contribution in [0, 0.1) is 11.3 Å². The standard InChI is InChI=1S/C19H19N3O2/c20-13-14-3-1-6-17(11-14)22-19(23)21-9-10-24-18-8-7-15-4-2-5-16(15)12-18/h1,3,6-8,11-12H,2,4-5,9-10H2,(H2,21,22,23). The molecule has 0 unspecified atom stereocenters. The first-order valence-corrected chi connectivity index (χ1v) is 8.04. The summed E-state index contributed by atoms with van der Waals surface area (Å²) in [5, 5.41) is 14.3. The van der Waals surface area contributed by atoms with Gasteiger partial charge in [-0.2, -0.15) is 5.26 Å². The van der Waals surface area contributed by atoms with E-state index in [0.717, 1.165) is 18.6 Å². The lowest BCUT2D eigenvalue weighted by Crippen LogP contribution is -2.32. The lowest BCUT2D eigenvalue weighted by molar-refractivity contribution is 0.247. The van der Waals surface area contributed by atoms with E-state index in [4.69, 9.17) is 10.00 Å². The SMILES string of the molecule is N#Cc1cccc(NC(=O)NCCOc2ccc3c(c2)CCC3)c1. The van der Waals surface area contributed by atoms with Crippen molar-refractivity contribution in [3.05, 3.63) is 59.2 Å². The molecule has 2 amide bonds. The van der Waals surface area contributed by atoms with Gasteiger partial charge >= 0.3 is 6.03 Å². The lowest BCUT2D eigenvalue weighted by atomic mass is 10.1. The second-order valence-corrected chi connectivity index (χ2v) is 5.71. The molecular formula is C19H19N3O2. The molecule has 1 aliphatic rings. The fraction of sp³-hybridized carbons (Fsp3) is 0.263. The Hall–Kier alpha value is -3.00. The largest absolute Gasteiger partial charge is 0.492 e. The highest BCUT2D eigenvalue weighted by atomic mass is 16.5. The third kappa shape index (κ3) is 4.05. The maximum atomic E-state index is 11.8. The van der Waals surface area contributed by atoms with Crippen LogP contribution >= 0.6 is 0 Å². The van der Waals surface area contributed by atoms with Gasteiger partial charge in [0, 0.05) is 5.69 Å². The van der Waals surface area contributed by atoms with Crippen LogP contribution in [-0.4, -0.2) is 19.2 Å². The predicted octanol–water partition coefficient (Wildman–Crippen LogP) is 3.25. The van der Waals surface area contributed by atoms with Gasteiger partial charge in [-0.3, -0.25) is 0 Å². The Kier molecular flexibility index (Phi) is 4.97. The minimum absolute atomic E-state index is 0.317. The van der Waals surface area contributed by atoms with Gasteiger partial charge in [0.05, 0.1) is 18.2 Å². The van der Waals surface area contributed by atoms with E-state index >= 15 is 0 Å². The van der Waals surface area contributed by atoms with Gasteiger partial charge in [-0.1, -0.05) is 12.1 Å². The van der Waals surface area contributed by atoms with Crippen LogP contribution in [0.2, 0.25) is 0 Å². The number of urea groups is 1. The van der Waals surface area contributed by atoms with Gasteiger partial charge in [0.2, 0.25) is 0 Å². The number of aryl methyl sites for hydroxylation is 2. The van der Waals surface area contributed by atoms with Crippen LogP contribution < -0.4 is 15.4 Å². The van der Waals surface area contributed by atoms with Gasteiger partial charge in [0.15, 0.2) is 0 Å². The maximum absolute atomic E-state index is 11.8. The molecule has 2 aromatic carbocycles. The van der Waals surface area contributed by atoms with Crippen molar-refractivity contribution < 1.29 is 9.53 Å². The van der Waals surface area contributed by atoms with Crippen LogP contribution in [0.4, 0.5) is 10.5 Å². The summed E-state index contributed by atoms with van der Waals surface area (Å²) >= 11 is 0. The number of rotatable bonds is 5. The zero-order valence-corrected chi connectivity index (χ0v) is 13.3. The van der Waals surface area contributed by atoms with Crippen LogP contribution in [0.3, 0.4) is 0 Å². The molecule has 3 rings (SSSR count). The van der Waals surface area contributed by atoms with Gasteiger partial charge in [-0.05, 0) is 60.7 Å². The molecule has 1 aliphatic carbocycles. The van der Waals surface area contributed by atoms with Crippen molar-refractivity contribution in [1.29, 1.82) is 5.26 Å². The van der Waals surface area contributed by atoms with Gasteiger partial charge in [-0.15, -0.1) is 0 Å². The summed E-state index contributed by atoms with van der Waals surface area (Å²) < 4.78 is 5.68. The Balaban J connectivity index is 1.41. The fourth-order valence-electron chi connectivity index (χ4n) is 2.81. The van der Waals surface area contributed by atoms with E-state index < -0.39 is 0 Å². The molecule has 0 fully saturated rings. The Morgan fingerprint density at radius 3 is 2.92 bits per heavy atom. The maximum Gasteiger partial charge on any atom is 0.319 e. The highest BCUT2D eigenvalue weighted by Crippen LogP contribution is 2.25. The second kappa shape index (κ2) is 7.51. The fourth-order valence-corrected chi connectivity index (χ4v) is 2.81. The van der Waals surface area contributed by atoms with Crippen LogP contribution in [0.1, 0.15) is 23.1 Å². The van der Waals surface area contributed by atoms with Crippen molar-refractivity contribution in [3.63, 3.8) is 0 Å². The van der Waals surface area contributed by atoms with Gasteiger partial charge < -0.3 is 15.4 Å². The minimum Gasteiger partial charge on any atom is -0.492 e. The number of carbonyl (C=O) groups excluding carboxylic acids is 1. The molecule has 0 atom stereocenters. The third-order valence-electron chi connectivity index (χ3n) is 3.98. The topological polar surface area (TPSA) is 74.2 Å². The van der Waals surface area contributed by atoms with Crippen molar-refractivity contribution in [2.24, 2.45) is 0 Å². The monoisotopic (exact) mass is 321 g/mol. The molecule has 2 aromatic rings. The Morgan fingerprint density at radius 2 is 2.04 bits per heavy atom. The first kappa shape index (κ1) is 15.9. The summed E-state index contributed by atoms with van der Waals surface area (Å²) in [6.07, 6.45) is 3.49. The Morgan fingerprint density at radius 1 is 1.17 bits per heavy atom. The molecule has 0 spiro atoms. The van der Waals surface area contributed by atoms with E-state index in [2.05, 4.69) is 22.8 Å². The summed E-state index contributed by atoms with van der Waals surface area (Å²) in [4.78, 5) is 11.8. The normalized spacial score (nSPS) is 12.1. The molecule has 5 heteroatoms. The molecule has 0 heterocycles. The Labute approximate surface area is 141 Å². The molecule has 122 valence electrons. The molecule has 0 radical (unpaired) electrons. The highest BCUT2D eigenvalue weighted by molar-refractivity contribution is 5.89. The molecule has 0 saturated heterocycles. The van der Waals surface area contributed by atoms with Crippen molar-refractivity contribution in [1.82, 2.24) is 5.32 Å². The number of benzene rings is 2. The summed E-state index contributed by atoms with van der Waals surface area (Å²) in [6.45, 7) is 0.811. The summed E-state index contributed by atoms with van der Waals surface area (Å²) in [5.41, 5.74) is 3.88. The number of ether oxygens (including phenoxy) is 1. The highest BCUT2D eigenvalue weighted by Gasteiger charge is 2.11. The van der Waals surface area contributed by atoms with E-state index in [1.54, 1.807) is 24.3 Å². The predicted molar refractivity (Wildman–Crippen MR) is 92.1 cm³/mol. The molecule has 0 bridgehead atoms. The number of nitrogens with zero attached hydrogens (tertiary/aromatic N) is 1. The first-order chi connectivity index (χ1) is 11.7. The number of fused-ring (bicyclic) bond motifs is 1. The van der Waals surface area contributed by atoms with Crippen LogP contribution in [0.15, 0.2) is 42.5 Å². The lowest BCUT2D eigenvalue weighted by Gasteiger charge is -2.10. The average molecular weight is 321 g/mol. The van der Waals surface area contributed by atoms with Crippen LogP contribution in [0.25, 0.3) is 0 Å². The van der Waals surface area contributed by atoms with E-state index in [1.165, 1.54) is 17.5 Å². The molecule has 0 aromatic heterocycles. The Bertz CT molecular complexity index is 780. The van der Waals surface area contributed by atoms with E-state index in [1.807, 2.05) is 12.1 Å². The van der Waals surface area contributed by atoms with Crippen molar-refractivity contribution in [2.75, 3.05) is 18.5 Å². The van der Waals surface area contributed by atoms with Crippen molar-refractivity contribution >= 4 is 11.7 Å². The van der Waals surface area contributed by atoms with Crippen molar-refractivity contribution in [2.45, 2.75) is 19.3 Å². The van der Waals surface area contributed by atoms with Gasteiger partial charge in [0.1, 0.15) is 12.4 Å². The van der Waals surface area contributed by atoms with E-state index in [9.17, 15) is 4.79 Å². The van der Waals surface area contributed by atoms with E-state index in [-0.39, 0.29) is 6.03 Å². The van der Waals surface area contributed by atoms with Gasteiger partial charge in [-0.25, -0.2) is 4.79 Å². The number of nitrogens with one attached hydrogen (secondary N) is 2. The number of nitriles is 1. The average Bonchev–Trinajstić information content (AvgIpc) is 3.06. The zero-order chi connectivity index (χ0) is 16.8. The third-order valence-corrected chi connectivity index (χ3v) is 3.98. The smallest absolute Gasteiger partial charge is 0.319 e. The molecule has 0 aliphatic heterocycles. The van der Waals surface area contributed by atoms with Crippen molar-refractivity contribution in [3.8, 4) is 11.8 Å². The number of carbonyl (C=O) groups is 1. The van der Waals surface area contributed by atoms with Crippen LogP contribution in [0.5, 0.6) is 5.75 Å². The number of hydrogen-bond acceptors (Lipinski definition) is 3. The quantitative estimate of drug-likeness (QED) is 0.830. The molecule has 0 saturated carbocycles. The molecule has 2 N–H and O–H groups in total. The summed E-state index contributed by atoms with van der Waals surface area (Å²) in [5.74, 6) is 0.847. The summed E-state index contributed by atoms with van der Waals surface area (Å²) in [6, 6.07) is 14.7. The summed E-state index contributed by atoms with van der Waals surface area (Å²) in [7, 11) is 0. The first-order valence-electron chi connectivity index (χ1n) is 8.04. The second-order valence-electron chi connectivity index (χ2n) is 5.71. The number of hydrogen-bond donors (Lipinski definition) is 2. The molecule has 24 heavy (non-hydrogen) atoms. The number of amides is 2. The van der Waals surface area contributed by atoms with E-state index in [0.29, 0.717) is 24.4 Å². The zero-order valence-electron chi connectivity index (χ0n) is 13.3. The molecule has 5 nitrogen and oxygen atoms in total. The molecular weight excluding hydrogens is 302 g/mol. The number of anilines is 1. The minimum atomic E-state index is -0.317. The van der Waals surface area contributed by atoms with Crippen LogP contribution in [-0.2, 0) is 12.8 Å².